The average Bonchev–Trinajstić information content (AvgIpc) is 2.79. The first-order valence-electron chi connectivity index (χ1n) is 10.7. The summed E-state index contributed by atoms with van der Waals surface area (Å²) in [7, 11) is 2.78. The van der Waals surface area contributed by atoms with E-state index in [9.17, 15) is 19.7 Å². The molecular formula is C24H26N2O7. The van der Waals surface area contributed by atoms with Gasteiger partial charge in [-0.2, -0.15) is 0 Å². The van der Waals surface area contributed by atoms with Gasteiger partial charge in [-0.1, -0.05) is 0 Å². The smallest absolute Gasteiger partial charge is 0.286 e. The summed E-state index contributed by atoms with van der Waals surface area (Å²) in [6, 6.07) is 6.30. The fraction of sp³-hybridized carbons (Fsp3) is 0.417. The molecule has 0 atom stereocenters. The van der Waals surface area contributed by atoms with E-state index in [1.165, 1.54) is 26.4 Å². The number of likely N-dealkylation sites (tertiary alicyclic amines) is 1. The van der Waals surface area contributed by atoms with Gasteiger partial charge in [0.15, 0.2) is 17.3 Å². The molecular weight excluding hydrogens is 428 g/mol. The Kier molecular flexibility index (Phi) is 5.73. The number of carbonyl (C=O) groups excluding carboxylic acids is 2. The zero-order valence-corrected chi connectivity index (χ0v) is 19.1. The van der Waals surface area contributed by atoms with Crippen molar-refractivity contribution in [2.75, 3.05) is 27.3 Å². The van der Waals surface area contributed by atoms with Crippen molar-refractivity contribution in [3.05, 3.63) is 56.6 Å². The number of piperidine rings is 1. The summed E-state index contributed by atoms with van der Waals surface area (Å²) in [6.07, 6.45) is 1.16. The van der Waals surface area contributed by atoms with Gasteiger partial charge in [-0.15, -0.1) is 0 Å². The zero-order chi connectivity index (χ0) is 23.9. The first-order valence-corrected chi connectivity index (χ1v) is 10.7. The normalized spacial score (nSPS) is 16.7. The van der Waals surface area contributed by atoms with E-state index in [-0.39, 0.29) is 35.0 Å². The summed E-state index contributed by atoms with van der Waals surface area (Å²) >= 11 is 0. The van der Waals surface area contributed by atoms with Crippen molar-refractivity contribution in [3.63, 3.8) is 0 Å². The lowest BCUT2D eigenvalue weighted by molar-refractivity contribution is -0.385. The number of methoxy groups -OCH3 is 2. The van der Waals surface area contributed by atoms with E-state index in [1.54, 1.807) is 4.90 Å². The van der Waals surface area contributed by atoms with Crippen molar-refractivity contribution in [2.24, 2.45) is 0 Å². The van der Waals surface area contributed by atoms with Gasteiger partial charge in [0.25, 0.3) is 11.6 Å². The molecule has 1 saturated heterocycles. The second kappa shape index (κ2) is 8.38. The molecule has 0 unspecified atom stereocenters. The molecule has 174 valence electrons. The molecule has 2 aromatic carbocycles. The van der Waals surface area contributed by atoms with E-state index in [1.807, 2.05) is 26.0 Å². The number of carbonyl (C=O) groups is 2. The summed E-state index contributed by atoms with van der Waals surface area (Å²) in [5.74, 6) is 0.575. The monoisotopic (exact) mass is 454 g/mol. The third-order valence-corrected chi connectivity index (χ3v) is 6.60. The summed E-state index contributed by atoms with van der Waals surface area (Å²) in [5.41, 5.74) is 1.60. The number of Topliss-reactive ketones (excluding diaryl/α,β-unsaturated/α-hetero) is 1. The molecule has 0 radical (unpaired) electrons. The molecule has 0 N–H and O–H groups in total. The van der Waals surface area contributed by atoms with Crippen LogP contribution in [0.1, 0.15) is 51.1 Å². The maximum Gasteiger partial charge on any atom is 0.286 e. The lowest BCUT2D eigenvalue weighted by Gasteiger charge is -2.44. The maximum atomic E-state index is 13.2. The quantitative estimate of drug-likeness (QED) is 0.510. The summed E-state index contributed by atoms with van der Waals surface area (Å²) in [4.78, 5) is 38.6. The van der Waals surface area contributed by atoms with Crippen LogP contribution in [0.5, 0.6) is 17.2 Å². The van der Waals surface area contributed by atoms with Crippen molar-refractivity contribution in [3.8, 4) is 17.2 Å². The van der Waals surface area contributed by atoms with Crippen molar-refractivity contribution in [2.45, 2.75) is 38.7 Å². The van der Waals surface area contributed by atoms with Crippen LogP contribution in [0.3, 0.4) is 0 Å². The Morgan fingerprint density at radius 1 is 1.06 bits per heavy atom. The third kappa shape index (κ3) is 3.99. The van der Waals surface area contributed by atoms with Crippen LogP contribution in [0.15, 0.2) is 24.3 Å². The summed E-state index contributed by atoms with van der Waals surface area (Å²) < 4.78 is 16.7. The third-order valence-electron chi connectivity index (χ3n) is 6.60. The van der Waals surface area contributed by atoms with Gasteiger partial charge in [0.1, 0.15) is 16.9 Å². The molecule has 0 saturated carbocycles. The van der Waals surface area contributed by atoms with Gasteiger partial charge in [-0.3, -0.25) is 19.7 Å². The highest BCUT2D eigenvalue weighted by molar-refractivity contribution is 6.01. The standard InChI is InChI=1S/C24H26N2O7/c1-14-9-17-19(27)13-24(33-20(17)10-15(14)2)5-7-25(8-6-24)23(28)16-11-21(31-3)22(32-4)12-18(16)26(29)30/h9-12H,5-8,13H2,1-4H3. The first kappa shape index (κ1) is 22.6. The molecule has 1 amide bonds. The Morgan fingerprint density at radius 3 is 2.27 bits per heavy atom. The van der Waals surface area contributed by atoms with Crippen LogP contribution in [-0.4, -0.2) is 54.4 Å². The Bertz CT molecular complexity index is 1150. The van der Waals surface area contributed by atoms with Crippen LogP contribution in [0.25, 0.3) is 0 Å². The number of nitro groups is 1. The van der Waals surface area contributed by atoms with Gasteiger partial charge in [0.2, 0.25) is 0 Å². The summed E-state index contributed by atoms with van der Waals surface area (Å²) in [6.45, 7) is 4.57. The molecule has 0 bridgehead atoms. The minimum absolute atomic E-state index is 0.0367. The van der Waals surface area contributed by atoms with E-state index < -0.39 is 16.4 Å². The number of aryl methyl sites for hydroxylation is 2. The zero-order valence-electron chi connectivity index (χ0n) is 19.1. The van der Waals surface area contributed by atoms with Crippen LogP contribution in [0.4, 0.5) is 5.69 Å². The number of hydrogen-bond donors (Lipinski definition) is 0. The molecule has 2 aliphatic rings. The van der Waals surface area contributed by atoms with E-state index in [0.717, 1.165) is 11.1 Å². The number of fused-ring (bicyclic) bond motifs is 1. The second-order valence-electron chi connectivity index (χ2n) is 8.59. The molecule has 33 heavy (non-hydrogen) atoms. The van der Waals surface area contributed by atoms with Crippen molar-refractivity contribution >= 4 is 17.4 Å². The molecule has 1 fully saturated rings. The Labute approximate surface area is 191 Å². The first-order chi connectivity index (χ1) is 15.7. The molecule has 9 heteroatoms. The molecule has 2 aliphatic heterocycles. The van der Waals surface area contributed by atoms with Gasteiger partial charge in [-0.25, -0.2) is 0 Å². The van der Waals surface area contributed by atoms with Crippen LogP contribution < -0.4 is 14.2 Å². The largest absolute Gasteiger partial charge is 0.493 e. The predicted molar refractivity (Wildman–Crippen MR) is 120 cm³/mol. The van der Waals surface area contributed by atoms with Crippen LogP contribution in [0.2, 0.25) is 0 Å². The predicted octanol–water partition coefficient (Wildman–Crippen LogP) is 3.87. The number of hydrogen-bond acceptors (Lipinski definition) is 7. The number of nitro benzene ring substituents is 1. The fourth-order valence-corrected chi connectivity index (χ4v) is 4.51. The van der Waals surface area contributed by atoms with Gasteiger partial charge in [0, 0.05) is 32.0 Å². The van der Waals surface area contributed by atoms with E-state index in [4.69, 9.17) is 14.2 Å². The molecule has 4 rings (SSSR count). The molecule has 2 heterocycles. The lowest BCUT2D eigenvalue weighted by Crippen LogP contribution is -2.52. The van der Waals surface area contributed by atoms with Crippen LogP contribution >= 0.6 is 0 Å². The van der Waals surface area contributed by atoms with Gasteiger partial charge in [-0.05, 0) is 37.1 Å². The van der Waals surface area contributed by atoms with Gasteiger partial charge >= 0.3 is 0 Å². The molecule has 0 aromatic heterocycles. The van der Waals surface area contributed by atoms with E-state index >= 15 is 0 Å². The number of benzene rings is 2. The molecule has 0 aliphatic carbocycles. The van der Waals surface area contributed by atoms with Crippen LogP contribution in [0, 0.1) is 24.0 Å². The van der Waals surface area contributed by atoms with E-state index in [0.29, 0.717) is 37.2 Å². The number of amides is 1. The second-order valence-corrected chi connectivity index (χ2v) is 8.59. The van der Waals surface area contributed by atoms with Crippen LogP contribution in [-0.2, 0) is 0 Å². The highest BCUT2D eigenvalue weighted by Crippen LogP contribution is 2.41. The van der Waals surface area contributed by atoms with Crippen molar-refractivity contribution in [1.29, 1.82) is 0 Å². The minimum Gasteiger partial charge on any atom is -0.493 e. The molecule has 1 spiro atoms. The number of nitrogens with zero attached hydrogens (tertiary/aromatic N) is 2. The Morgan fingerprint density at radius 2 is 1.67 bits per heavy atom. The Balaban J connectivity index is 1.56. The lowest BCUT2D eigenvalue weighted by atomic mass is 9.81. The highest BCUT2D eigenvalue weighted by Gasteiger charge is 2.44. The number of ketones is 1. The highest BCUT2D eigenvalue weighted by atomic mass is 16.6. The number of ether oxygens (including phenoxy) is 3. The van der Waals surface area contributed by atoms with Crippen molar-refractivity contribution < 1.29 is 28.7 Å². The van der Waals surface area contributed by atoms with Crippen molar-refractivity contribution in [1.82, 2.24) is 4.90 Å². The molecule has 9 nitrogen and oxygen atoms in total. The topological polar surface area (TPSA) is 108 Å². The fourth-order valence-electron chi connectivity index (χ4n) is 4.51. The Hall–Kier alpha value is -3.62. The molecule has 2 aromatic rings. The maximum absolute atomic E-state index is 13.2. The van der Waals surface area contributed by atoms with Gasteiger partial charge in [0.05, 0.1) is 37.2 Å². The number of rotatable bonds is 4. The SMILES string of the molecule is COc1cc(C(=O)N2CCC3(CC2)CC(=O)c2cc(C)c(C)cc2O3)c([N+](=O)[O-])cc1OC. The van der Waals surface area contributed by atoms with Gasteiger partial charge < -0.3 is 19.1 Å². The van der Waals surface area contributed by atoms with E-state index in [2.05, 4.69) is 0 Å². The average molecular weight is 454 g/mol. The summed E-state index contributed by atoms with van der Waals surface area (Å²) in [5, 5.41) is 11.6. The minimum atomic E-state index is -0.675.